The standard InChI is InChI=1S/C19H27N3O5/c1-21-7-9-22(10-8-21)6-4-5-20-17(23)14-11-15(18(24)26-2)13-16(12-14)19(25)27-3/h11-13H,4-10H2,1-3H3,(H,20,23). The van der Waals surface area contributed by atoms with E-state index in [-0.39, 0.29) is 22.6 Å². The highest BCUT2D eigenvalue weighted by atomic mass is 16.5. The topological polar surface area (TPSA) is 88.2 Å². The van der Waals surface area contributed by atoms with Crippen molar-refractivity contribution in [3.8, 4) is 0 Å². The summed E-state index contributed by atoms with van der Waals surface area (Å²) in [6.45, 7) is 5.62. The highest BCUT2D eigenvalue weighted by Crippen LogP contribution is 2.13. The highest BCUT2D eigenvalue weighted by Gasteiger charge is 2.17. The number of nitrogens with zero attached hydrogens (tertiary/aromatic N) is 2. The largest absolute Gasteiger partial charge is 0.465 e. The van der Waals surface area contributed by atoms with Crippen molar-refractivity contribution in [3.05, 3.63) is 34.9 Å². The fraction of sp³-hybridized carbons (Fsp3) is 0.526. The first-order chi connectivity index (χ1) is 12.9. The first-order valence-electron chi connectivity index (χ1n) is 8.95. The van der Waals surface area contributed by atoms with Gasteiger partial charge < -0.3 is 24.6 Å². The van der Waals surface area contributed by atoms with Crippen LogP contribution in [0.5, 0.6) is 0 Å². The summed E-state index contributed by atoms with van der Waals surface area (Å²) >= 11 is 0. The molecule has 1 N–H and O–H groups in total. The fourth-order valence-corrected chi connectivity index (χ4v) is 2.91. The van der Waals surface area contributed by atoms with Gasteiger partial charge in [0.15, 0.2) is 0 Å². The van der Waals surface area contributed by atoms with E-state index in [1.807, 2.05) is 0 Å². The molecule has 1 saturated heterocycles. The van der Waals surface area contributed by atoms with Crippen LogP contribution in [0, 0.1) is 0 Å². The molecule has 1 aliphatic heterocycles. The number of hydrogen-bond acceptors (Lipinski definition) is 7. The summed E-state index contributed by atoms with van der Waals surface area (Å²) < 4.78 is 9.36. The first-order valence-corrected chi connectivity index (χ1v) is 8.95. The van der Waals surface area contributed by atoms with E-state index < -0.39 is 11.9 Å². The van der Waals surface area contributed by atoms with Crippen LogP contribution in [-0.2, 0) is 9.47 Å². The van der Waals surface area contributed by atoms with Crippen molar-refractivity contribution in [2.45, 2.75) is 6.42 Å². The Morgan fingerprint density at radius 3 is 1.96 bits per heavy atom. The van der Waals surface area contributed by atoms with Crippen LogP contribution in [0.2, 0.25) is 0 Å². The van der Waals surface area contributed by atoms with Crippen molar-refractivity contribution >= 4 is 17.8 Å². The fourth-order valence-electron chi connectivity index (χ4n) is 2.91. The molecule has 148 valence electrons. The first kappa shape index (κ1) is 20.9. The molecule has 0 saturated carbocycles. The maximum absolute atomic E-state index is 12.4. The van der Waals surface area contributed by atoms with E-state index >= 15 is 0 Å². The van der Waals surface area contributed by atoms with Crippen molar-refractivity contribution in [2.24, 2.45) is 0 Å². The van der Waals surface area contributed by atoms with Crippen molar-refractivity contribution in [1.82, 2.24) is 15.1 Å². The van der Waals surface area contributed by atoms with Crippen molar-refractivity contribution in [2.75, 3.05) is 60.5 Å². The van der Waals surface area contributed by atoms with Gasteiger partial charge in [-0.25, -0.2) is 9.59 Å². The van der Waals surface area contributed by atoms with Gasteiger partial charge in [-0.05, 0) is 38.2 Å². The molecule has 0 radical (unpaired) electrons. The number of ether oxygens (including phenoxy) is 2. The van der Waals surface area contributed by atoms with Crippen LogP contribution < -0.4 is 5.32 Å². The van der Waals surface area contributed by atoms with Crippen LogP contribution in [0.15, 0.2) is 18.2 Å². The number of nitrogens with one attached hydrogen (secondary N) is 1. The smallest absolute Gasteiger partial charge is 0.337 e. The molecule has 8 nitrogen and oxygen atoms in total. The molecule has 0 bridgehead atoms. The molecule has 8 heteroatoms. The molecule has 0 atom stereocenters. The van der Waals surface area contributed by atoms with E-state index in [1.165, 1.54) is 32.4 Å². The van der Waals surface area contributed by atoms with Crippen LogP contribution in [-0.4, -0.2) is 88.2 Å². The lowest BCUT2D eigenvalue weighted by Crippen LogP contribution is -2.45. The Hall–Kier alpha value is -2.45. The Labute approximate surface area is 159 Å². The molecular formula is C19H27N3O5. The van der Waals surface area contributed by atoms with Gasteiger partial charge in [0.1, 0.15) is 0 Å². The number of amides is 1. The lowest BCUT2D eigenvalue weighted by atomic mass is 10.0. The minimum Gasteiger partial charge on any atom is -0.465 e. The number of carbonyl (C=O) groups excluding carboxylic acids is 3. The molecule has 1 aromatic rings. The number of esters is 2. The Kier molecular flexibility index (Phi) is 7.75. The van der Waals surface area contributed by atoms with Gasteiger partial charge in [-0.2, -0.15) is 0 Å². The SMILES string of the molecule is COC(=O)c1cc(C(=O)NCCCN2CCN(C)CC2)cc(C(=O)OC)c1. The van der Waals surface area contributed by atoms with E-state index in [4.69, 9.17) is 0 Å². The summed E-state index contributed by atoms with van der Waals surface area (Å²) in [6.07, 6.45) is 0.829. The lowest BCUT2D eigenvalue weighted by Gasteiger charge is -2.32. The normalized spacial score (nSPS) is 15.2. The lowest BCUT2D eigenvalue weighted by molar-refractivity contribution is 0.0599. The summed E-state index contributed by atoms with van der Waals surface area (Å²) in [5, 5.41) is 2.84. The van der Waals surface area contributed by atoms with Gasteiger partial charge in [-0.1, -0.05) is 0 Å². The Bertz CT molecular complexity index is 650. The average molecular weight is 377 g/mol. The molecule has 1 fully saturated rings. The number of methoxy groups -OCH3 is 2. The van der Waals surface area contributed by atoms with E-state index in [2.05, 4.69) is 31.6 Å². The van der Waals surface area contributed by atoms with Crippen molar-refractivity contribution in [1.29, 1.82) is 0 Å². The molecule has 1 heterocycles. The van der Waals surface area contributed by atoms with Gasteiger partial charge >= 0.3 is 11.9 Å². The molecule has 1 aliphatic rings. The van der Waals surface area contributed by atoms with E-state index in [9.17, 15) is 14.4 Å². The number of rotatable bonds is 7. The molecule has 2 rings (SSSR count). The molecule has 0 aromatic heterocycles. The Balaban J connectivity index is 1.94. The summed E-state index contributed by atoms with van der Waals surface area (Å²) in [7, 11) is 4.60. The zero-order valence-electron chi connectivity index (χ0n) is 16.1. The maximum atomic E-state index is 12.4. The van der Waals surface area contributed by atoms with Gasteiger partial charge in [0.05, 0.1) is 25.3 Å². The van der Waals surface area contributed by atoms with Crippen LogP contribution in [0.3, 0.4) is 0 Å². The molecule has 0 spiro atoms. The third-order valence-electron chi connectivity index (χ3n) is 4.57. The number of likely N-dealkylation sites (N-methyl/N-ethyl adjacent to an activating group) is 1. The molecule has 1 aromatic carbocycles. The van der Waals surface area contributed by atoms with Crippen LogP contribution >= 0.6 is 0 Å². The molecule has 0 unspecified atom stereocenters. The van der Waals surface area contributed by atoms with E-state index in [0.29, 0.717) is 6.54 Å². The zero-order valence-corrected chi connectivity index (χ0v) is 16.1. The second kappa shape index (κ2) is 10.0. The van der Waals surface area contributed by atoms with Crippen LogP contribution in [0.1, 0.15) is 37.5 Å². The van der Waals surface area contributed by atoms with Crippen LogP contribution in [0.4, 0.5) is 0 Å². The van der Waals surface area contributed by atoms with Gasteiger partial charge in [0, 0.05) is 38.3 Å². The number of piperazine rings is 1. The summed E-state index contributed by atoms with van der Waals surface area (Å²) in [6, 6.07) is 4.17. The second-order valence-electron chi connectivity index (χ2n) is 6.54. The average Bonchev–Trinajstić information content (AvgIpc) is 2.70. The predicted molar refractivity (Wildman–Crippen MR) is 100 cm³/mol. The third kappa shape index (κ3) is 6.04. The maximum Gasteiger partial charge on any atom is 0.337 e. The quantitative estimate of drug-likeness (QED) is 0.551. The monoisotopic (exact) mass is 377 g/mol. The third-order valence-corrected chi connectivity index (χ3v) is 4.57. The van der Waals surface area contributed by atoms with Crippen molar-refractivity contribution < 1.29 is 23.9 Å². The zero-order chi connectivity index (χ0) is 19.8. The second-order valence-corrected chi connectivity index (χ2v) is 6.54. The highest BCUT2D eigenvalue weighted by molar-refractivity contribution is 6.02. The van der Waals surface area contributed by atoms with E-state index in [0.717, 1.165) is 39.1 Å². The van der Waals surface area contributed by atoms with Gasteiger partial charge in [0.25, 0.3) is 5.91 Å². The summed E-state index contributed by atoms with van der Waals surface area (Å²) in [5.74, 6) is -1.58. The Morgan fingerprint density at radius 2 is 1.44 bits per heavy atom. The van der Waals surface area contributed by atoms with Crippen LogP contribution in [0.25, 0.3) is 0 Å². The van der Waals surface area contributed by atoms with Gasteiger partial charge in [-0.3, -0.25) is 4.79 Å². The number of hydrogen-bond donors (Lipinski definition) is 1. The molecule has 27 heavy (non-hydrogen) atoms. The van der Waals surface area contributed by atoms with Gasteiger partial charge in [-0.15, -0.1) is 0 Å². The summed E-state index contributed by atoms with van der Waals surface area (Å²) in [5.41, 5.74) is 0.476. The predicted octanol–water partition coefficient (Wildman–Crippen LogP) is 0.627. The molecular weight excluding hydrogens is 350 g/mol. The molecule has 0 aliphatic carbocycles. The van der Waals surface area contributed by atoms with Gasteiger partial charge in [0.2, 0.25) is 0 Å². The number of carbonyl (C=O) groups is 3. The minimum absolute atomic E-state index is 0.128. The van der Waals surface area contributed by atoms with E-state index in [1.54, 1.807) is 0 Å². The minimum atomic E-state index is -0.620. The molecule has 1 amide bonds. The Morgan fingerprint density at radius 1 is 0.926 bits per heavy atom. The summed E-state index contributed by atoms with van der Waals surface area (Å²) in [4.78, 5) is 40.7. The van der Waals surface area contributed by atoms with Crippen molar-refractivity contribution in [3.63, 3.8) is 0 Å². The number of benzene rings is 1.